The third-order valence-electron chi connectivity index (χ3n) is 3.80. The maximum absolute atomic E-state index is 5.85. The van der Waals surface area contributed by atoms with Crippen LogP contribution in [-0.4, -0.2) is 30.6 Å². The molecule has 1 saturated carbocycles. The van der Waals surface area contributed by atoms with Gasteiger partial charge in [0, 0.05) is 12.6 Å². The molecule has 2 N–H and O–H groups in total. The number of nitrogens with two attached hydrogens (primary N) is 1. The van der Waals surface area contributed by atoms with Crippen molar-refractivity contribution >= 4 is 5.69 Å². The van der Waals surface area contributed by atoms with Crippen molar-refractivity contribution < 1.29 is 4.74 Å². The summed E-state index contributed by atoms with van der Waals surface area (Å²) in [5.74, 6) is 0.806. The van der Waals surface area contributed by atoms with Crippen molar-refractivity contribution in [1.29, 1.82) is 0 Å². The number of anilines is 1. The van der Waals surface area contributed by atoms with Crippen LogP contribution in [0.4, 0.5) is 5.69 Å². The van der Waals surface area contributed by atoms with Gasteiger partial charge in [-0.1, -0.05) is 31.9 Å². The third kappa shape index (κ3) is 3.39. The molecule has 0 radical (unpaired) electrons. The second-order valence-corrected chi connectivity index (χ2v) is 4.95. The van der Waals surface area contributed by atoms with Crippen molar-refractivity contribution in [2.24, 2.45) is 0 Å². The Balaban J connectivity index is 1.78. The summed E-state index contributed by atoms with van der Waals surface area (Å²) in [6, 6.07) is 8.47. The van der Waals surface area contributed by atoms with Gasteiger partial charge in [0.1, 0.15) is 12.4 Å². The molecule has 1 aliphatic carbocycles. The van der Waals surface area contributed by atoms with E-state index in [9.17, 15) is 0 Å². The summed E-state index contributed by atoms with van der Waals surface area (Å²) in [5.41, 5.74) is 6.58. The van der Waals surface area contributed by atoms with Gasteiger partial charge in [0.05, 0.1) is 5.69 Å². The van der Waals surface area contributed by atoms with Gasteiger partial charge in [0.15, 0.2) is 0 Å². The average molecular weight is 248 g/mol. The van der Waals surface area contributed by atoms with Crippen LogP contribution in [0.15, 0.2) is 24.3 Å². The van der Waals surface area contributed by atoms with E-state index in [1.54, 1.807) is 0 Å². The molecule has 1 fully saturated rings. The number of hydrogen-bond donors (Lipinski definition) is 1. The zero-order valence-electron chi connectivity index (χ0n) is 11.3. The number of para-hydroxylation sites is 2. The third-order valence-corrected chi connectivity index (χ3v) is 3.80. The molecule has 2 rings (SSSR count). The highest BCUT2D eigenvalue weighted by Crippen LogP contribution is 2.23. The molecule has 3 nitrogen and oxygen atoms in total. The van der Waals surface area contributed by atoms with Crippen LogP contribution in [0.25, 0.3) is 0 Å². The molecule has 0 bridgehead atoms. The SMILES string of the molecule is CCN(CCOc1ccccc1N)C1CCCC1. The van der Waals surface area contributed by atoms with E-state index in [0.717, 1.165) is 37.2 Å². The van der Waals surface area contributed by atoms with Crippen LogP contribution in [-0.2, 0) is 0 Å². The van der Waals surface area contributed by atoms with Crippen LogP contribution in [0, 0.1) is 0 Å². The van der Waals surface area contributed by atoms with Gasteiger partial charge in [-0.25, -0.2) is 0 Å². The molecule has 0 unspecified atom stereocenters. The Morgan fingerprint density at radius 1 is 1.28 bits per heavy atom. The fourth-order valence-corrected chi connectivity index (χ4v) is 2.75. The maximum Gasteiger partial charge on any atom is 0.142 e. The zero-order chi connectivity index (χ0) is 12.8. The Kier molecular flexibility index (Phi) is 4.88. The summed E-state index contributed by atoms with van der Waals surface area (Å²) in [7, 11) is 0. The highest BCUT2D eigenvalue weighted by atomic mass is 16.5. The molecule has 0 amide bonds. The molecule has 0 atom stereocenters. The highest BCUT2D eigenvalue weighted by Gasteiger charge is 2.20. The van der Waals surface area contributed by atoms with Crippen molar-refractivity contribution in [2.45, 2.75) is 38.6 Å². The standard InChI is InChI=1S/C15H24N2O/c1-2-17(13-7-3-4-8-13)11-12-18-15-10-6-5-9-14(15)16/h5-6,9-10,13H,2-4,7-8,11-12,16H2,1H3. The molecular formula is C15H24N2O. The lowest BCUT2D eigenvalue weighted by Gasteiger charge is -2.27. The number of benzene rings is 1. The predicted octanol–water partition coefficient (Wildman–Crippen LogP) is 2.91. The molecule has 0 saturated heterocycles. The molecule has 0 aromatic heterocycles. The summed E-state index contributed by atoms with van der Waals surface area (Å²) in [5, 5.41) is 0. The Morgan fingerprint density at radius 3 is 2.67 bits per heavy atom. The van der Waals surface area contributed by atoms with Gasteiger partial charge in [-0.05, 0) is 31.5 Å². The molecule has 3 heteroatoms. The summed E-state index contributed by atoms with van der Waals surface area (Å²) in [4.78, 5) is 2.53. The van der Waals surface area contributed by atoms with E-state index in [1.807, 2.05) is 24.3 Å². The molecule has 0 aliphatic heterocycles. The largest absolute Gasteiger partial charge is 0.490 e. The lowest BCUT2D eigenvalue weighted by Crippen LogP contribution is -2.36. The van der Waals surface area contributed by atoms with Gasteiger partial charge in [-0.3, -0.25) is 4.90 Å². The molecule has 18 heavy (non-hydrogen) atoms. The number of nitrogen functional groups attached to an aromatic ring is 1. The fourth-order valence-electron chi connectivity index (χ4n) is 2.75. The summed E-state index contributed by atoms with van der Waals surface area (Å²) < 4.78 is 5.76. The molecule has 100 valence electrons. The Labute approximate surface area is 110 Å². The molecule has 0 spiro atoms. The smallest absolute Gasteiger partial charge is 0.142 e. The number of ether oxygens (including phenoxy) is 1. The first-order valence-electron chi connectivity index (χ1n) is 7.02. The van der Waals surface area contributed by atoms with Crippen LogP contribution in [0.2, 0.25) is 0 Å². The Morgan fingerprint density at radius 2 is 2.00 bits per heavy atom. The van der Waals surface area contributed by atoms with Crippen molar-refractivity contribution in [3.05, 3.63) is 24.3 Å². The van der Waals surface area contributed by atoms with Gasteiger partial charge in [-0.2, -0.15) is 0 Å². The maximum atomic E-state index is 5.85. The minimum atomic E-state index is 0.721. The lowest BCUT2D eigenvalue weighted by molar-refractivity contribution is 0.168. The second kappa shape index (κ2) is 6.64. The van der Waals surface area contributed by atoms with Gasteiger partial charge in [0.25, 0.3) is 0 Å². The van der Waals surface area contributed by atoms with Gasteiger partial charge in [-0.15, -0.1) is 0 Å². The van der Waals surface area contributed by atoms with Crippen molar-refractivity contribution in [3.63, 3.8) is 0 Å². The Bertz CT molecular complexity index is 361. The number of likely N-dealkylation sites (N-methyl/N-ethyl adjacent to an activating group) is 1. The summed E-state index contributed by atoms with van der Waals surface area (Å²) in [6.07, 6.45) is 5.46. The topological polar surface area (TPSA) is 38.5 Å². The summed E-state index contributed by atoms with van der Waals surface area (Å²) in [6.45, 7) is 5.06. The van der Waals surface area contributed by atoms with Crippen molar-refractivity contribution in [2.75, 3.05) is 25.4 Å². The molecular weight excluding hydrogens is 224 g/mol. The normalized spacial score (nSPS) is 16.3. The van der Waals surface area contributed by atoms with E-state index >= 15 is 0 Å². The van der Waals surface area contributed by atoms with Crippen molar-refractivity contribution in [1.82, 2.24) is 4.90 Å². The summed E-state index contributed by atoms with van der Waals surface area (Å²) >= 11 is 0. The molecule has 0 heterocycles. The van der Waals surface area contributed by atoms with Gasteiger partial charge < -0.3 is 10.5 Å². The van der Waals surface area contributed by atoms with E-state index in [2.05, 4.69) is 11.8 Å². The average Bonchev–Trinajstić information content (AvgIpc) is 2.90. The Hall–Kier alpha value is -1.22. The predicted molar refractivity (Wildman–Crippen MR) is 75.9 cm³/mol. The van der Waals surface area contributed by atoms with E-state index in [-0.39, 0.29) is 0 Å². The van der Waals surface area contributed by atoms with Crippen LogP contribution in [0.3, 0.4) is 0 Å². The van der Waals surface area contributed by atoms with E-state index in [4.69, 9.17) is 10.5 Å². The quantitative estimate of drug-likeness (QED) is 0.787. The van der Waals surface area contributed by atoms with Crippen LogP contribution in [0.1, 0.15) is 32.6 Å². The fraction of sp³-hybridized carbons (Fsp3) is 0.600. The lowest BCUT2D eigenvalue weighted by atomic mass is 10.2. The first-order valence-corrected chi connectivity index (χ1v) is 7.02. The zero-order valence-corrected chi connectivity index (χ0v) is 11.3. The first-order chi connectivity index (χ1) is 8.81. The second-order valence-electron chi connectivity index (χ2n) is 4.95. The highest BCUT2D eigenvalue weighted by molar-refractivity contribution is 5.51. The number of nitrogens with zero attached hydrogens (tertiary/aromatic N) is 1. The van der Waals surface area contributed by atoms with Crippen LogP contribution < -0.4 is 10.5 Å². The number of rotatable bonds is 6. The molecule has 1 aromatic rings. The minimum absolute atomic E-state index is 0.721. The van der Waals surface area contributed by atoms with E-state index in [1.165, 1.54) is 25.7 Å². The first kappa shape index (κ1) is 13.2. The van der Waals surface area contributed by atoms with E-state index in [0.29, 0.717) is 0 Å². The van der Waals surface area contributed by atoms with E-state index < -0.39 is 0 Å². The van der Waals surface area contributed by atoms with Crippen LogP contribution >= 0.6 is 0 Å². The van der Waals surface area contributed by atoms with Gasteiger partial charge >= 0.3 is 0 Å². The number of hydrogen-bond acceptors (Lipinski definition) is 3. The van der Waals surface area contributed by atoms with Gasteiger partial charge in [0.2, 0.25) is 0 Å². The molecule has 1 aliphatic rings. The van der Waals surface area contributed by atoms with Crippen LogP contribution in [0.5, 0.6) is 5.75 Å². The minimum Gasteiger partial charge on any atom is -0.490 e. The molecule has 1 aromatic carbocycles. The monoisotopic (exact) mass is 248 g/mol. The van der Waals surface area contributed by atoms with Crippen molar-refractivity contribution in [3.8, 4) is 5.75 Å².